The summed E-state index contributed by atoms with van der Waals surface area (Å²) in [6.07, 6.45) is 2.28. The molecule has 272 valence electrons. The Kier molecular flexibility index (Phi) is 15.7. The molecule has 52 heavy (non-hydrogen) atoms. The van der Waals surface area contributed by atoms with Crippen LogP contribution in [0.15, 0.2) is 182 Å². The lowest BCUT2D eigenvalue weighted by Crippen LogP contribution is -3.00. The third kappa shape index (κ3) is 8.29. The fraction of sp³-hybridized carbons (Fsp3) is 0.250. The number of hydrogen-bond acceptors (Lipinski definition) is 0. The van der Waals surface area contributed by atoms with Crippen LogP contribution in [0.25, 0.3) is 0 Å². The second-order valence-corrected chi connectivity index (χ2v) is 14.4. The highest BCUT2D eigenvalue weighted by atomic mass is 79.9. The standard InChI is InChI=1S/2C24H28N.BrH.ClH/c2*1-4-20-25(2,3)24(21-14-8-5-9-15-21,22-16-10-6-11-17-22)23-18-12-7-13-19-23;;/h2*5-19H,4,20H2,1-3H3;2*1H/q2*+1;;/p-2. The summed E-state index contributed by atoms with van der Waals surface area (Å²) in [5.41, 5.74) is 7.56. The molecule has 0 atom stereocenters. The Bertz CT molecular complexity index is 1510. The van der Waals surface area contributed by atoms with Crippen LogP contribution in [0, 0.1) is 0 Å². The number of hydrogen-bond donors (Lipinski definition) is 0. The molecule has 2 nitrogen and oxygen atoms in total. The van der Waals surface area contributed by atoms with Gasteiger partial charge in [0.25, 0.3) is 0 Å². The minimum atomic E-state index is -0.236. The summed E-state index contributed by atoms with van der Waals surface area (Å²) in [6.45, 7) is 6.73. The summed E-state index contributed by atoms with van der Waals surface area (Å²) in [4.78, 5) is 0. The van der Waals surface area contributed by atoms with Crippen molar-refractivity contribution in [1.29, 1.82) is 0 Å². The van der Waals surface area contributed by atoms with E-state index in [4.69, 9.17) is 0 Å². The van der Waals surface area contributed by atoms with Gasteiger partial charge in [0.05, 0.1) is 41.3 Å². The zero-order chi connectivity index (χ0) is 35.5. The van der Waals surface area contributed by atoms with Crippen LogP contribution in [0.1, 0.15) is 60.1 Å². The van der Waals surface area contributed by atoms with Crippen molar-refractivity contribution in [3.05, 3.63) is 215 Å². The fourth-order valence-corrected chi connectivity index (χ4v) is 8.63. The van der Waals surface area contributed by atoms with Crippen molar-refractivity contribution < 1.29 is 38.4 Å². The average molecular weight is 776 g/mol. The van der Waals surface area contributed by atoms with E-state index in [2.05, 4.69) is 224 Å². The van der Waals surface area contributed by atoms with E-state index in [1.165, 1.54) is 33.4 Å². The Morgan fingerprint density at radius 3 is 0.615 bits per heavy atom. The van der Waals surface area contributed by atoms with Gasteiger partial charge in [-0.2, -0.15) is 0 Å². The van der Waals surface area contributed by atoms with Gasteiger partial charge in [-0.25, -0.2) is 0 Å². The quantitative estimate of drug-likeness (QED) is 0.122. The van der Waals surface area contributed by atoms with Crippen LogP contribution in [0.5, 0.6) is 0 Å². The van der Waals surface area contributed by atoms with Crippen LogP contribution in [0.4, 0.5) is 0 Å². The molecule has 4 heteroatoms. The summed E-state index contributed by atoms with van der Waals surface area (Å²) in [5.74, 6) is 0. The summed E-state index contributed by atoms with van der Waals surface area (Å²) in [5, 5.41) is 0. The first-order valence-corrected chi connectivity index (χ1v) is 18.2. The third-order valence-corrected chi connectivity index (χ3v) is 10.5. The smallest absolute Gasteiger partial charge is 0.176 e. The number of rotatable bonds is 12. The van der Waals surface area contributed by atoms with Gasteiger partial charge in [-0.15, -0.1) is 0 Å². The molecule has 0 aliphatic rings. The van der Waals surface area contributed by atoms with Crippen molar-refractivity contribution in [2.75, 3.05) is 41.3 Å². The second kappa shape index (κ2) is 19.2. The summed E-state index contributed by atoms with van der Waals surface area (Å²) in [7, 11) is 9.43. The van der Waals surface area contributed by atoms with Crippen molar-refractivity contribution in [3.8, 4) is 0 Å². The van der Waals surface area contributed by atoms with E-state index in [9.17, 15) is 0 Å². The van der Waals surface area contributed by atoms with Gasteiger partial charge >= 0.3 is 0 Å². The molecule has 0 unspecified atom stereocenters. The van der Waals surface area contributed by atoms with Gasteiger partial charge in [-0.3, -0.25) is 0 Å². The Morgan fingerprint density at radius 1 is 0.327 bits per heavy atom. The van der Waals surface area contributed by atoms with Gasteiger partial charge in [-0.05, 0) is 12.8 Å². The average Bonchev–Trinajstić information content (AvgIpc) is 3.15. The molecule has 0 radical (unpaired) electrons. The zero-order valence-corrected chi connectivity index (χ0v) is 34.1. The van der Waals surface area contributed by atoms with Gasteiger partial charge in [0, 0.05) is 33.4 Å². The molecule has 6 rings (SSSR count). The fourth-order valence-electron chi connectivity index (χ4n) is 8.63. The maximum absolute atomic E-state index is 2.36. The first-order chi connectivity index (χ1) is 24.3. The lowest BCUT2D eigenvalue weighted by Gasteiger charge is -2.50. The molecule has 0 fully saturated rings. The monoisotopic (exact) mass is 774 g/mol. The normalized spacial score (nSPS) is 11.7. The predicted octanol–water partition coefficient (Wildman–Crippen LogP) is 4.94. The highest BCUT2D eigenvalue weighted by Crippen LogP contribution is 2.46. The van der Waals surface area contributed by atoms with Crippen LogP contribution >= 0.6 is 0 Å². The van der Waals surface area contributed by atoms with Crippen LogP contribution in [0.2, 0.25) is 0 Å². The van der Waals surface area contributed by atoms with Crippen molar-refractivity contribution in [2.24, 2.45) is 0 Å². The minimum Gasteiger partial charge on any atom is -1.00 e. The van der Waals surface area contributed by atoms with Crippen LogP contribution in [-0.2, 0) is 11.1 Å². The predicted molar refractivity (Wildman–Crippen MR) is 213 cm³/mol. The molecular weight excluding hydrogens is 720 g/mol. The van der Waals surface area contributed by atoms with E-state index >= 15 is 0 Å². The van der Waals surface area contributed by atoms with E-state index < -0.39 is 0 Å². The molecule has 0 saturated heterocycles. The van der Waals surface area contributed by atoms with Crippen molar-refractivity contribution in [1.82, 2.24) is 0 Å². The molecule has 6 aromatic carbocycles. The van der Waals surface area contributed by atoms with Gasteiger partial charge in [0.15, 0.2) is 11.1 Å². The first-order valence-electron chi connectivity index (χ1n) is 18.2. The third-order valence-electron chi connectivity index (χ3n) is 10.5. The second-order valence-electron chi connectivity index (χ2n) is 14.4. The van der Waals surface area contributed by atoms with Crippen LogP contribution in [0.3, 0.4) is 0 Å². The molecule has 6 aromatic rings. The van der Waals surface area contributed by atoms with Gasteiger partial charge in [-0.1, -0.05) is 196 Å². The lowest BCUT2D eigenvalue weighted by atomic mass is 9.74. The highest BCUT2D eigenvalue weighted by Gasteiger charge is 2.51. The van der Waals surface area contributed by atoms with E-state index in [1.54, 1.807) is 0 Å². The molecule has 0 saturated carbocycles. The topological polar surface area (TPSA) is 0 Å². The van der Waals surface area contributed by atoms with Gasteiger partial charge in [0.1, 0.15) is 0 Å². The largest absolute Gasteiger partial charge is 1.00 e. The zero-order valence-electron chi connectivity index (χ0n) is 31.8. The summed E-state index contributed by atoms with van der Waals surface area (Å²) >= 11 is 0. The Morgan fingerprint density at radius 2 is 0.481 bits per heavy atom. The highest BCUT2D eigenvalue weighted by molar-refractivity contribution is 5.48. The maximum atomic E-state index is 2.36. The molecule has 0 aliphatic heterocycles. The van der Waals surface area contributed by atoms with Crippen molar-refractivity contribution in [3.63, 3.8) is 0 Å². The van der Waals surface area contributed by atoms with Gasteiger partial charge < -0.3 is 38.4 Å². The van der Waals surface area contributed by atoms with E-state index in [1.807, 2.05) is 0 Å². The minimum absolute atomic E-state index is 0. The maximum Gasteiger partial charge on any atom is 0.176 e. The number of benzene rings is 6. The molecule has 0 aliphatic carbocycles. The molecule has 0 heterocycles. The van der Waals surface area contributed by atoms with Crippen molar-refractivity contribution in [2.45, 2.75) is 37.8 Å². The molecule has 0 amide bonds. The number of halogens is 2. The van der Waals surface area contributed by atoms with Crippen molar-refractivity contribution >= 4 is 0 Å². The van der Waals surface area contributed by atoms with E-state index in [0.29, 0.717) is 0 Å². The molecule has 0 spiro atoms. The van der Waals surface area contributed by atoms with E-state index in [-0.39, 0.29) is 40.5 Å². The first kappa shape index (κ1) is 42.4. The van der Waals surface area contributed by atoms with Gasteiger partial charge in [0.2, 0.25) is 0 Å². The number of nitrogens with zero attached hydrogens (tertiary/aromatic N) is 2. The SMILES string of the molecule is CCC[N+](C)(C)C(c1ccccc1)(c1ccccc1)c1ccccc1.CCC[N+](C)(C)C(c1ccccc1)(c1ccccc1)c1ccccc1.[Br-].[Cl-]. The Labute approximate surface area is 331 Å². The lowest BCUT2D eigenvalue weighted by molar-refractivity contribution is -0.936. The Balaban J connectivity index is 0.000000270. The molecular formula is C48H56BrClN2. The summed E-state index contributed by atoms with van der Waals surface area (Å²) < 4.78 is 1.75. The number of quaternary nitrogens is 2. The molecule has 0 aromatic heterocycles. The Hall–Kier alpha value is -3.99. The van der Waals surface area contributed by atoms with Crippen LogP contribution in [-0.4, -0.2) is 50.2 Å². The summed E-state index contributed by atoms with van der Waals surface area (Å²) in [6, 6.07) is 65.7. The molecule has 0 N–H and O–H groups in total. The van der Waals surface area contributed by atoms with E-state index in [0.717, 1.165) is 34.9 Å². The van der Waals surface area contributed by atoms with Crippen LogP contribution < -0.4 is 29.4 Å². The molecule has 0 bridgehead atoms.